The lowest BCUT2D eigenvalue weighted by Crippen LogP contribution is -2.53. The number of carbonyl (C=O) groups is 2. The van der Waals surface area contributed by atoms with Crippen LogP contribution in [0.3, 0.4) is 0 Å². The molecule has 3 rings (SSSR count). The molecular weight excluding hydrogens is 529 g/mol. The highest BCUT2D eigenvalue weighted by molar-refractivity contribution is 7.92. The van der Waals surface area contributed by atoms with Crippen LogP contribution < -0.4 is 9.62 Å². The van der Waals surface area contributed by atoms with Gasteiger partial charge >= 0.3 is 0 Å². The molecule has 0 spiro atoms. The quantitative estimate of drug-likeness (QED) is 0.328. The molecule has 1 atom stereocenters. The number of para-hydroxylation sites is 1. The van der Waals surface area contributed by atoms with Crippen molar-refractivity contribution in [2.75, 3.05) is 23.7 Å². The minimum Gasteiger partial charge on any atom is -0.354 e. The summed E-state index contributed by atoms with van der Waals surface area (Å²) >= 11 is 0. The molecule has 0 aliphatic carbocycles. The second-order valence-corrected chi connectivity index (χ2v) is 12.2. The molecule has 9 heteroatoms. The maximum Gasteiger partial charge on any atom is 0.244 e. The van der Waals surface area contributed by atoms with Crippen LogP contribution in [0.1, 0.15) is 37.5 Å². The first kappa shape index (κ1) is 30.8. The van der Waals surface area contributed by atoms with E-state index < -0.39 is 34.3 Å². The van der Waals surface area contributed by atoms with Crippen molar-refractivity contribution in [1.82, 2.24) is 10.2 Å². The minimum absolute atomic E-state index is 0.00125. The molecule has 0 aliphatic rings. The molecule has 0 saturated heterocycles. The van der Waals surface area contributed by atoms with Gasteiger partial charge < -0.3 is 10.2 Å². The number of aryl methyl sites for hydroxylation is 1. The molecule has 1 unspecified atom stereocenters. The maximum absolute atomic E-state index is 14.1. The summed E-state index contributed by atoms with van der Waals surface area (Å²) in [6, 6.07) is 21.2. The van der Waals surface area contributed by atoms with Gasteiger partial charge in [-0.25, -0.2) is 12.8 Å². The van der Waals surface area contributed by atoms with E-state index in [9.17, 15) is 22.4 Å². The lowest BCUT2D eigenvalue weighted by molar-refractivity contribution is -0.140. The van der Waals surface area contributed by atoms with Gasteiger partial charge in [-0.1, -0.05) is 81.4 Å². The van der Waals surface area contributed by atoms with Crippen molar-refractivity contribution in [2.24, 2.45) is 5.92 Å². The minimum atomic E-state index is -3.85. The lowest BCUT2D eigenvalue weighted by Gasteiger charge is -2.34. The Hall–Kier alpha value is -3.72. The van der Waals surface area contributed by atoms with Gasteiger partial charge in [0.15, 0.2) is 0 Å². The van der Waals surface area contributed by atoms with Crippen LogP contribution in [0.25, 0.3) is 0 Å². The van der Waals surface area contributed by atoms with E-state index in [1.807, 2.05) is 63.2 Å². The number of carbonyl (C=O) groups excluding carboxylic acids is 2. The summed E-state index contributed by atoms with van der Waals surface area (Å²) in [6.07, 6.45) is 1.86. The molecule has 1 N–H and O–H groups in total. The van der Waals surface area contributed by atoms with Crippen LogP contribution in [0.2, 0.25) is 0 Å². The number of hydrogen-bond donors (Lipinski definition) is 1. The van der Waals surface area contributed by atoms with Crippen molar-refractivity contribution >= 4 is 27.5 Å². The fraction of sp³-hybridized carbons (Fsp3) is 0.355. The van der Waals surface area contributed by atoms with Gasteiger partial charge in [0.2, 0.25) is 21.8 Å². The number of hydrogen-bond acceptors (Lipinski definition) is 4. The van der Waals surface area contributed by atoms with Gasteiger partial charge in [0, 0.05) is 19.5 Å². The average molecular weight is 568 g/mol. The average Bonchev–Trinajstić information content (AvgIpc) is 2.93. The number of rotatable bonds is 13. The standard InChI is InChI=1S/C31H38FN3O4S/c1-5-26-13-9-10-14-28(26)35(40(4,38)39)22-30(36)34(21-25-15-17-27(32)18-16-25)29(31(37)33-20-23(2)3)19-24-11-7-6-8-12-24/h6-18,23,29H,5,19-22H2,1-4H3,(H,33,37). The second kappa shape index (κ2) is 14.1. The van der Waals surface area contributed by atoms with E-state index in [4.69, 9.17) is 0 Å². The van der Waals surface area contributed by atoms with Crippen molar-refractivity contribution in [3.05, 3.63) is 101 Å². The molecule has 0 radical (unpaired) electrons. The zero-order chi connectivity index (χ0) is 29.3. The highest BCUT2D eigenvalue weighted by Crippen LogP contribution is 2.24. The summed E-state index contributed by atoms with van der Waals surface area (Å²) in [4.78, 5) is 29.1. The predicted octanol–water partition coefficient (Wildman–Crippen LogP) is 4.57. The molecule has 0 aliphatic heterocycles. The molecule has 0 aromatic heterocycles. The van der Waals surface area contributed by atoms with E-state index >= 15 is 0 Å². The first-order chi connectivity index (χ1) is 19.0. The first-order valence-electron chi connectivity index (χ1n) is 13.4. The first-order valence-corrected chi connectivity index (χ1v) is 15.3. The van der Waals surface area contributed by atoms with E-state index in [2.05, 4.69) is 5.32 Å². The van der Waals surface area contributed by atoms with Gasteiger partial charge in [-0.15, -0.1) is 0 Å². The SMILES string of the molecule is CCc1ccccc1N(CC(=O)N(Cc1ccc(F)cc1)C(Cc1ccccc1)C(=O)NCC(C)C)S(C)(=O)=O. The fourth-order valence-electron chi connectivity index (χ4n) is 4.41. The lowest BCUT2D eigenvalue weighted by atomic mass is 10.0. The van der Waals surface area contributed by atoms with Gasteiger partial charge in [0.05, 0.1) is 11.9 Å². The van der Waals surface area contributed by atoms with E-state index in [1.165, 1.54) is 17.0 Å². The van der Waals surface area contributed by atoms with Crippen molar-refractivity contribution in [2.45, 2.75) is 46.2 Å². The highest BCUT2D eigenvalue weighted by atomic mass is 32.2. The van der Waals surface area contributed by atoms with Crippen LogP contribution in [0, 0.1) is 11.7 Å². The van der Waals surface area contributed by atoms with Gasteiger partial charge in [0.25, 0.3) is 0 Å². The maximum atomic E-state index is 14.1. The van der Waals surface area contributed by atoms with Crippen LogP contribution in [0.15, 0.2) is 78.9 Å². The third kappa shape index (κ3) is 8.64. The molecule has 0 heterocycles. The van der Waals surface area contributed by atoms with Crippen LogP contribution in [0.4, 0.5) is 10.1 Å². The Labute approximate surface area is 237 Å². The van der Waals surface area contributed by atoms with Crippen molar-refractivity contribution in [3.8, 4) is 0 Å². The number of nitrogens with one attached hydrogen (secondary N) is 1. The fourth-order valence-corrected chi connectivity index (χ4v) is 5.29. The summed E-state index contributed by atoms with van der Waals surface area (Å²) in [6.45, 7) is 5.80. The molecular formula is C31H38FN3O4S. The van der Waals surface area contributed by atoms with Gasteiger partial charge in [-0.05, 0) is 47.2 Å². The molecule has 214 valence electrons. The summed E-state index contributed by atoms with van der Waals surface area (Å²) in [7, 11) is -3.85. The Morgan fingerprint density at radius 1 is 0.900 bits per heavy atom. The summed E-state index contributed by atoms with van der Waals surface area (Å²) < 4.78 is 40.7. The summed E-state index contributed by atoms with van der Waals surface area (Å²) in [5.74, 6) is -1.11. The van der Waals surface area contributed by atoms with Crippen molar-refractivity contribution in [3.63, 3.8) is 0 Å². The van der Waals surface area contributed by atoms with Crippen molar-refractivity contribution < 1.29 is 22.4 Å². The second-order valence-electron chi connectivity index (χ2n) is 10.2. The molecule has 0 bridgehead atoms. The Balaban J connectivity index is 2.06. The topological polar surface area (TPSA) is 86.8 Å². The predicted molar refractivity (Wildman–Crippen MR) is 157 cm³/mol. The monoisotopic (exact) mass is 567 g/mol. The van der Waals surface area contributed by atoms with Gasteiger partial charge in [0.1, 0.15) is 18.4 Å². The Bertz CT molecular complexity index is 1380. The largest absolute Gasteiger partial charge is 0.354 e. The van der Waals surface area contributed by atoms with Crippen LogP contribution in [-0.4, -0.2) is 50.5 Å². The summed E-state index contributed by atoms with van der Waals surface area (Å²) in [5.41, 5.74) is 2.66. The molecule has 0 fully saturated rings. The van der Waals surface area contributed by atoms with E-state index in [-0.39, 0.29) is 24.8 Å². The zero-order valence-electron chi connectivity index (χ0n) is 23.5. The van der Waals surface area contributed by atoms with Crippen LogP contribution in [0.5, 0.6) is 0 Å². The van der Waals surface area contributed by atoms with Crippen LogP contribution >= 0.6 is 0 Å². The molecule has 3 aromatic carbocycles. The smallest absolute Gasteiger partial charge is 0.244 e. The Morgan fingerprint density at radius 2 is 1.52 bits per heavy atom. The van der Waals surface area contributed by atoms with Crippen molar-refractivity contribution in [1.29, 1.82) is 0 Å². The number of halogens is 1. The molecule has 3 aromatic rings. The highest BCUT2D eigenvalue weighted by Gasteiger charge is 2.33. The molecule has 40 heavy (non-hydrogen) atoms. The van der Waals surface area contributed by atoms with E-state index in [0.717, 1.165) is 21.7 Å². The van der Waals surface area contributed by atoms with E-state index in [1.54, 1.807) is 24.3 Å². The third-order valence-electron chi connectivity index (χ3n) is 6.54. The number of anilines is 1. The number of amides is 2. The number of sulfonamides is 1. The number of benzene rings is 3. The van der Waals surface area contributed by atoms with Gasteiger partial charge in [-0.3, -0.25) is 13.9 Å². The molecule has 0 saturated carbocycles. The number of nitrogens with zero attached hydrogens (tertiary/aromatic N) is 2. The van der Waals surface area contributed by atoms with Gasteiger partial charge in [-0.2, -0.15) is 0 Å². The van der Waals surface area contributed by atoms with Crippen LogP contribution in [-0.2, 0) is 39.0 Å². The Kier molecular flexibility index (Phi) is 10.8. The molecule has 2 amide bonds. The normalized spacial score (nSPS) is 12.2. The zero-order valence-corrected chi connectivity index (χ0v) is 24.3. The third-order valence-corrected chi connectivity index (χ3v) is 7.67. The Morgan fingerprint density at radius 3 is 2.12 bits per heavy atom. The molecule has 7 nitrogen and oxygen atoms in total. The summed E-state index contributed by atoms with van der Waals surface area (Å²) in [5, 5.41) is 2.94. The van der Waals surface area contributed by atoms with E-state index in [0.29, 0.717) is 24.2 Å².